The fourth-order valence-electron chi connectivity index (χ4n) is 1.37. The average Bonchev–Trinajstić information content (AvgIpc) is 2.80. The number of hydrogen-bond acceptors (Lipinski definition) is 6. The molecular formula is C11H12N4O3S. The van der Waals surface area contributed by atoms with Crippen molar-refractivity contribution in [2.75, 3.05) is 12.4 Å². The Morgan fingerprint density at radius 1 is 1.42 bits per heavy atom. The van der Waals surface area contributed by atoms with E-state index >= 15 is 0 Å². The number of thioether (sulfide) groups is 1. The lowest BCUT2D eigenvalue weighted by molar-refractivity contribution is -0.117. The first kappa shape index (κ1) is 13.3. The monoisotopic (exact) mass is 280 g/mol. The Balaban J connectivity index is 1.92. The number of alkyl carbamates (subject to hydrolysis) is 1. The molecule has 7 nitrogen and oxygen atoms in total. The SMILES string of the molecule is CCOC(=O)NC(=O)CSc1nnc2ccccn12. The molecule has 0 aliphatic heterocycles. The normalized spacial score (nSPS) is 10.4. The number of carbonyl (C=O) groups is 2. The van der Waals surface area contributed by atoms with Crippen LogP contribution in [-0.4, -0.2) is 39.0 Å². The van der Waals surface area contributed by atoms with Crippen molar-refractivity contribution in [2.24, 2.45) is 0 Å². The van der Waals surface area contributed by atoms with Crippen LogP contribution in [0.25, 0.3) is 5.65 Å². The van der Waals surface area contributed by atoms with E-state index in [1.807, 2.05) is 18.2 Å². The van der Waals surface area contributed by atoms with E-state index < -0.39 is 12.0 Å². The van der Waals surface area contributed by atoms with Gasteiger partial charge in [0.1, 0.15) is 0 Å². The quantitative estimate of drug-likeness (QED) is 0.844. The highest BCUT2D eigenvalue weighted by molar-refractivity contribution is 7.99. The van der Waals surface area contributed by atoms with Crippen molar-refractivity contribution in [1.82, 2.24) is 19.9 Å². The van der Waals surface area contributed by atoms with Crippen LogP contribution in [0.1, 0.15) is 6.92 Å². The molecule has 2 aromatic heterocycles. The van der Waals surface area contributed by atoms with E-state index in [2.05, 4.69) is 20.3 Å². The Kier molecular flexibility index (Phi) is 4.35. The Labute approximate surface area is 113 Å². The second-order valence-electron chi connectivity index (χ2n) is 3.47. The third kappa shape index (κ3) is 3.44. The van der Waals surface area contributed by atoms with Crippen LogP contribution in [0.3, 0.4) is 0 Å². The van der Waals surface area contributed by atoms with Crippen LogP contribution >= 0.6 is 11.8 Å². The fraction of sp³-hybridized carbons (Fsp3) is 0.273. The molecule has 0 aliphatic rings. The molecular weight excluding hydrogens is 268 g/mol. The second-order valence-corrected chi connectivity index (χ2v) is 4.41. The van der Waals surface area contributed by atoms with Gasteiger partial charge in [-0.15, -0.1) is 10.2 Å². The molecule has 0 radical (unpaired) electrons. The Hall–Kier alpha value is -2.09. The zero-order chi connectivity index (χ0) is 13.7. The first-order chi connectivity index (χ1) is 9.20. The van der Waals surface area contributed by atoms with Gasteiger partial charge in [0.25, 0.3) is 0 Å². The summed E-state index contributed by atoms with van der Waals surface area (Å²) in [6.07, 6.45) is 1.07. The lowest BCUT2D eigenvalue weighted by Crippen LogP contribution is -2.32. The van der Waals surface area contributed by atoms with Gasteiger partial charge in [-0.25, -0.2) is 4.79 Å². The summed E-state index contributed by atoms with van der Waals surface area (Å²) in [5.41, 5.74) is 0.704. The molecule has 0 unspecified atom stereocenters. The van der Waals surface area contributed by atoms with Crippen LogP contribution < -0.4 is 5.32 Å². The number of nitrogens with zero attached hydrogens (tertiary/aromatic N) is 3. The number of imide groups is 1. The predicted octanol–water partition coefficient (Wildman–Crippen LogP) is 1.09. The van der Waals surface area contributed by atoms with Gasteiger partial charge in [-0.3, -0.25) is 14.5 Å². The smallest absolute Gasteiger partial charge is 0.413 e. The summed E-state index contributed by atoms with van der Waals surface area (Å²) in [7, 11) is 0. The van der Waals surface area contributed by atoms with Crippen LogP contribution in [0.5, 0.6) is 0 Å². The van der Waals surface area contributed by atoms with Gasteiger partial charge in [0.15, 0.2) is 10.8 Å². The first-order valence-corrected chi connectivity index (χ1v) is 6.58. The topological polar surface area (TPSA) is 85.6 Å². The van der Waals surface area contributed by atoms with Crippen LogP contribution in [0, 0.1) is 0 Å². The minimum absolute atomic E-state index is 0.0640. The minimum atomic E-state index is -0.737. The number of fused-ring (bicyclic) bond motifs is 1. The highest BCUT2D eigenvalue weighted by Crippen LogP contribution is 2.15. The van der Waals surface area contributed by atoms with Crippen molar-refractivity contribution >= 4 is 29.4 Å². The first-order valence-electron chi connectivity index (χ1n) is 5.60. The fourth-order valence-corrected chi connectivity index (χ4v) is 2.09. The van der Waals surface area contributed by atoms with E-state index in [9.17, 15) is 9.59 Å². The number of pyridine rings is 1. The highest BCUT2D eigenvalue weighted by Gasteiger charge is 2.11. The minimum Gasteiger partial charge on any atom is -0.450 e. The number of rotatable bonds is 4. The zero-order valence-corrected chi connectivity index (χ0v) is 11.0. The van der Waals surface area contributed by atoms with E-state index in [4.69, 9.17) is 0 Å². The molecule has 0 bridgehead atoms. The van der Waals surface area contributed by atoms with Crippen LogP contribution in [0.2, 0.25) is 0 Å². The van der Waals surface area contributed by atoms with E-state index in [1.54, 1.807) is 17.5 Å². The molecule has 0 aliphatic carbocycles. The predicted molar refractivity (Wildman–Crippen MR) is 68.9 cm³/mol. The Bertz CT molecular complexity index is 598. The molecule has 2 rings (SSSR count). The maximum atomic E-state index is 11.5. The van der Waals surface area contributed by atoms with E-state index in [0.29, 0.717) is 10.8 Å². The Morgan fingerprint density at radius 2 is 2.26 bits per heavy atom. The van der Waals surface area contributed by atoms with Gasteiger partial charge >= 0.3 is 6.09 Å². The molecule has 0 spiro atoms. The molecule has 100 valence electrons. The number of ether oxygens (including phenoxy) is 1. The van der Waals surface area contributed by atoms with Gasteiger partial charge in [-0.2, -0.15) is 0 Å². The van der Waals surface area contributed by atoms with Gasteiger partial charge in [-0.1, -0.05) is 17.8 Å². The van der Waals surface area contributed by atoms with Crippen molar-refractivity contribution < 1.29 is 14.3 Å². The third-order valence-corrected chi connectivity index (χ3v) is 3.07. The number of aromatic nitrogens is 3. The van der Waals surface area contributed by atoms with E-state index in [0.717, 1.165) is 0 Å². The summed E-state index contributed by atoms with van der Waals surface area (Å²) >= 11 is 1.19. The Morgan fingerprint density at radius 3 is 3.05 bits per heavy atom. The van der Waals surface area contributed by atoms with Gasteiger partial charge in [0.05, 0.1) is 12.4 Å². The van der Waals surface area contributed by atoms with E-state index in [1.165, 1.54) is 11.8 Å². The molecule has 0 fully saturated rings. The maximum Gasteiger partial charge on any atom is 0.413 e. The second kappa shape index (κ2) is 6.19. The molecule has 2 amide bonds. The number of carbonyl (C=O) groups excluding carboxylic acids is 2. The molecule has 19 heavy (non-hydrogen) atoms. The molecule has 0 atom stereocenters. The molecule has 2 heterocycles. The standard InChI is InChI=1S/C11H12N4O3S/c1-2-18-11(17)12-9(16)7-19-10-14-13-8-5-3-4-6-15(8)10/h3-6H,2,7H2,1H3,(H,12,16,17). The number of nitrogens with one attached hydrogen (secondary N) is 1. The van der Waals surface area contributed by atoms with Gasteiger partial charge in [0, 0.05) is 6.20 Å². The van der Waals surface area contributed by atoms with Gasteiger partial charge in [-0.05, 0) is 19.1 Å². The summed E-state index contributed by atoms with van der Waals surface area (Å²) in [4.78, 5) is 22.5. The third-order valence-electron chi connectivity index (χ3n) is 2.13. The molecule has 8 heteroatoms. The summed E-state index contributed by atoms with van der Waals surface area (Å²) in [5.74, 6) is -0.370. The maximum absolute atomic E-state index is 11.5. The summed E-state index contributed by atoms with van der Waals surface area (Å²) in [6, 6.07) is 5.51. The van der Waals surface area contributed by atoms with Gasteiger partial charge < -0.3 is 4.74 Å². The van der Waals surface area contributed by atoms with Gasteiger partial charge in [0.2, 0.25) is 5.91 Å². The number of hydrogen-bond donors (Lipinski definition) is 1. The summed E-state index contributed by atoms with van der Waals surface area (Å²) < 4.78 is 6.37. The average molecular weight is 280 g/mol. The summed E-state index contributed by atoms with van der Waals surface area (Å²) in [5, 5.41) is 10.6. The van der Waals surface area contributed by atoms with E-state index in [-0.39, 0.29) is 12.4 Å². The highest BCUT2D eigenvalue weighted by atomic mass is 32.2. The van der Waals surface area contributed by atoms with Crippen molar-refractivity contribution in [2.45, 2.75) is 12.1 Å². The number of amides is 2. The van der Waals surface area contributed by atoms with Crippen LogP contribution in [0.15, 0.2) is 29.6 Å². The van der Waals surface area contributed by atoms with Crippen molar-refractivity contribution in [3.05, 3.63) is 24.4 Å². The lowest BCUT2D eigenvalue weighted by Gasteiger charge is -2.03. The zero-order valence-electron chi connectivity index (χ0n) is 10.2. The molecule has 0 saturated heterocycles. The largest absolute Gasteiger partial charge is 0.450 e. The summed E-state index contributed by atoms with van der Waals surface area (Å²) in [6.45, 7) is 1.89. The molecule has 2 aromatic rings. The van der Waals surface area contributed by atoms with Crippen molar-refractivity contribution in [3.8, 4) is 0 Å². The lowest BCUT2D eigenvalue weighted by atomic mass is 10.5. The van der Waals surface area contributed by atoms with Crippen LogP contribution in [0.4, 0.5) is 4.79 Å². The molecule has 0 saturated carbocycles. The van der Waals surface area contributed by atoms with Crippen LogP contribution in [-0.2, 0) is 9.53 Å². The van der Waals surface area contributed by atoms with Crippen molar-refractivity contribution in [3.63, 3.8) is 0 Å². The molecule has 1 N–H and O–H groups in total. The molecule has 0 aromatic carbocycles. The van der Waals surface area contributed by atoms with Crippen molar-refractivity contribution in [1.29, 1.82) is 0 Å².